The molecule has 0 aliphatic carbocycles. The minimum Gasteiger partial charge on any atom is -0.508 e. The molecular formula is C10H15NO3S. The van der Waals surface area contributed by atoms with Gasteiger partial charge in [0.1, 0.15) is 5.75 Å². The van der Waals surface area contributed by atoms with Gasteiger partial charge in [0.15, 0.2) is 0 Å². The van der Waals surface area contributed by atoms with Crippen molar-refractivity contribution in [3.05, 3.63) is 24.3 Å². The van der Waals surface area contributed by atoms with E-state index in [2.05, 4.69) is 0 Å². The summed E-state index contributed by atoms with van der Waals surface area (Å²) in [5.41, 5.74) is 0. The van der Waals surface area contributed by atoms with Crippen molar-refractivity contribution in [1.29, 1.82) is 0 Å². The predicted molar refractivity (Wildman–Crippen MR) is 58.2 cm³/mol. The van der Waals surface area contributed by atoms with E-state index in [1.165, 1.54) is 35.6 Å². The number of phenols is 1. The fraction of sp³-hybridized carbons (Fsp3) is 0.400. The third kappa shape index (κ3) is 2.70. The molecule has 1 N–H and O–H groups in total. The summed E-state index contributed by atoms with van der Waals surface area (Å²) in [6, 6.07) is 5.68. The van der Waals surface area contributed by atoms with Crippen LogP contribution in [0.25, 0.3) is 0 Å². The number of benzene rings is 1. The molecule has 15 heavy (non-hydrogen) atoms. The van der Waals surface area contributed by atoms with Crippen molar-refractivity contribution >= 4 is 10.0 Å². The van der Waals surface area contributed by atoms with Gasteiger partial charge in [-0.05, 0) is 24.6 Å². The van der Waals surface area contributed by atoms with E-state index in [1.54, 1.807) is 0 Å². The quantitative estimate of drug-likeness (QED) is 0.849. The number of nitrogens with zero attached hydrogens (tertiary/aromatic N) is 1. The van der Waals surface area contributed by atoms with Crippen LogP contribution in [0.1, 0.15) is 13.3 Å². The van der Waals surface area contributed by atoms with Gasteiger partial charge in [-0.15, -0.1) is 0 Å². The zero-order valence-corrected chi connectivity index (χ0v) is 9.66. The molecular weight excluding hydrogens is 214 g/mol. The summed E-state index contributed by atoms with van der Waals surface area (Å²) in [4.78, 5) is 0.124. The summed E-state index contributed by atoms with van der Waals surface area (Å²) < 4.78 is 25.1. The molecule has 84 valence electrons. The molecule has 0 radical (unpaired) electrons. The molecule has 0 fully saturated rings. The highest BCUT2D eigenvalue weighted by Crippen LogP contribution is 2.18. The van der Waals surface area contributed by atoms with Gasteiger partial charge in [0.05, 0.1) is 4.90 Å². The van der Waals surface area contributed by atoms with Crippen LogP contribution < -0.4 is 0 Å². The maximum absolute atomic E-state index is 11.9. The highest BCUT2D eigenvalue weighted by molar-refractivity contribution is 7.89. The monoisotopic (exact) mass is 229 g/mol. The standard InChI is InChI=1S/C10H15NO3S/c1-3-7-11(2)15(13,14)10-6-4-5-9(12)8-10/h4-6,8,12H,3,7H2,1-2H3. The predicted octanol–water partition coefficient (Wildman–Crippen LogP) is 1.42. The third-order valence-electron chi connectivity index (χ3n) is 2.06. The van der Waals surface area contributed by atoms with Crippen LogP contribution >= 0.6 is 0 Å². The van der Waals surface area contributed by atoms with Gasteiger partial charge in [-0.2, -0.15) is 0 Å². The van der Waals surface area contributed by atoms with Crippen molar-refractivity contribution in [2.75, 3.05) is 13.6 Å². The molecule has 0 saturated carbocycles. The van der Waals surface area contributed by atoms with Crippen LogP contribution in [0.4, 0.5) is 0 Å². The molecule has 0 spiro atoms. The first kappa shape index (κ1) is 12.0. The number of aromatic hydroxyl groups is 1. The highest BCUT2D eigenvalue weighted by atomic mass is 32.2. The molecule has 0 amide bonds. The Morgan fingerprint density at radius 3 is 2.60 bits per heavy atom. The van der Waals surface area contributed by atoms with Crippen molar-refractivity contribution in [2.24, 2.45) is 0 Å². The van der Waals surface area contributed by atoms with E-state index < -0.39 is 10.0 Å². The van der Waals surface area contributed by atoms with E-state index in [4.69, 9.17) is 0 Å². The SMILES string of the molecule is CCCN(C)S(=O)(=O)c1cccc(O)c1. The first-order valence-corrected chi connectivity index (χ1v) is 6.18. The van der Waals surface area contributed by atoms with Crippen molar-refractivity contribution < 1.29 is 13.5 Å². The van der Waals surface area contributed by atoms with Gasteiger partial charge in [0, 0.05) is 13.6 Å². The number of rotatable bonds is 4. The fourth-order valence-corrected chi connectivity index (χ4v) is 2.56. The summed E-state index contributed by atoms with van der Waals surface area (Å²) in [5, 5.41) is 9.21. The smallest absolute Gasteiger partial charge is 0.242 e. The first-order valence-electron chi connectivity index (χ1n) is 4.74. The molecule has 0 atom stereocenters. The molecule has 0 saturated heterocycles. The second kappa shape index (κ2) is 4.63. The Morgan fingerprint density at radius 2 is 2.07 bits per heavy atom. The average Bonchev–Trinajstić information content (AvgIpc) is 2.18. The minimum absolute atomic E-state index is 0.0408. The van der Waals surface area contributed by atoms with E-state index in [9.17, 15) is 13.5 Å². The average molecular weight is 229 g/mol. The molecule has 1 aromatic carbocycles. The second-order valence-corrected chi connectivity index (χ2v) is 5.37. The molecule has 4 nitrogen and oxygen atoms in total. The largest absolute Gasteiger partial charge is 0.508 e. The zero-order chi connectivity index (χ0) is 11.5. The molecule has 0 unspecified atom stereocenters. The summed E-state index contributed by atoms with van der Waals surface area (Å²) >= 11 is 0. The summed E-state index contributed by atoms with van der Waals surface area (Å²) in [6.45, 7) is 2.38. The molecule has 0 aromatic heterocycles. The van der Waals surface area contributed by atoms with Crippen molar-refractivity contribution in [3.63, 3.8) is 0 Å². The maximum Gasteiger partial charge on any atom is 0.242 e. The molecule has 0 aliphatic heterocycles. The van der Waals surface area contributed by atoms with Gasteiger partial charge in [-0.1, -0.05) is 13.0 Å². The van der Waals surface area contributed by atoms with E-state index in [-0.39, 0.29) is 10.6 Å². The summed E-state index contributed by atoms with van der Waals surface area (Å²) in [6.07, 6.45) is 0.758. The lowest BCUT2D eigenvalue weighted by molar-refractivity contribution is 0.461. The number of sulfonamides is 1. The Balaban J connectivity index is 3.06. The van der Waals surface area contributed by atoms with Crippen LogP contribution in [0, 0.1) is 0 Å². The van der Waals surface area contributed by atoms with Gasteiger partial charge in [-0.3, -0.25) is 0 Å². The molecule has 1 rings (SSSR count). The van der Waals surface area contributed by atoms with Crippen molar-refractivity contribution in [1.82, 2.24) is 4.31 Å². The van der Waals surface area contributed by atoms with E-state index >= 15 is 0 Å². The summed E-state index contributed by atoms with van der Waals surface area (Å²) in [5.74, 6) is -0.0408. The maximum atomic E-state index is 11.9. The number of hydrogen-bond acceptors (Lipinski definition) is 3. The Bertz CT molecular complexity index is 428. The van der Waals surface area contributed by atoms with Crippen LogP contribution in [0.2, 0.25) is 0 Å². The van der Waals surface area contributed by atoms with Gasteiger partial charge in [-0.25, -0.2) is 12.7 Å². The molecule has 0 aliphatic rings. The lowest BCUT2D eigenvalue weighted by Crippen LogP contribution is -2.27. The van der Waals surface area contributed by atoms with Crippen LogP contribution in [0.5, 0.6) is 5.75 Å². The second-order valence-electron chi connectivity index (χ2n) is 3.32. The molecule has 5 heteroatoms. The number of hydrogen-bond donors (Lipinski definition) is 1. The van der Waals surface area contributed by atoms with E-state index in [1.807, 2.05) is 6.92 Å². The van der Waals surface area contributed by atoms with E-state index in [0.717, 1.165) is 6.42 Å². The lowest BCUT2D eigenvalue weighted by Gasteiger charge is -2.16. The third-order valence-corrected chi connectivity index (χ3v) is 3.92. The Kier molecular flexibility index (Phi) is 3.71. The lowest BCUT2D eigenvalue weighted by atomic mass is 10.3. The normalized spacial score (nSPS) is 11.9. The van der Waals surface area contributed by atoms with Crippen molar-refractivity contribution in [3.8, 4) is 5.75 Å². The highest BCUT2D eigenvalue weighted by Gasteiger charge is 2.19. The van der Waals surface area contributed by atoms with Crippen LogP contribution in [-0.2, 0) is 10.0 Å². The van der Waals surface area contributed by atoms with Gasteiger partial charge < -0.3 is 5.11 Å². The van der Waals surface area contributed by atoms with Crippen LogP contribution in [0.15, 0.2) is 29.2 Å². The minimum atomic E-state index is -3.45. The molecule has 1 aromatic rings. The Hall–Kier alpha value is -1.07. The van der Waals surface area contributed by atoms with Gasteiger partial charge in [0.25, 0.3) is 0 Å². The van der Waals surface area contributed by atoms with Gasteiger partial charge >= 0.3 is 0 Å². The van der Waals surface area contributed by atoms with E-state index in [0.29, 0.717) is 6.54 Å². The van der Waals surface area contributed by atoms with Gasteiger partial charge in [0.2, 0.25) is 10.0 Å². The number of phenolic OH excluding ortho intramolecular Hbond substituents is 1. The van der Waals surface area contributed by atoms with Crippen LogP contribution in [-0.4, -0.2) is 31.4 Å². The van der Waals surface area contributed by atoms with Crippen LogP contribution in [0.3, 0.4) is 0 Å². The Labute approximate surface area is 90.2 Å². The summed E-state index contributed by atoms with van der Waals surface area (Å²) in [7, 11) is -1.92. The topological polar surface area (TPSA) is 57.6 Å². The Morgan fingerprint density at radius 1 is 1.40 bits per heavy atom. The molecule has 0 bridgehead atoms. The fourth-order valence-electron chi connectivity index (χ4n) is 1.26. The molecule has 0 heterocycles. The first-order chi connectivity index (χ1) is 6.98. The van der Waals surface area contributed by atoms with Crippen molar-refractivity contribution in [2.45, 2.75) is 18.2 Å². The zero-order valence-electron chi connectivity index (χ0n) is 8.84.